The van der Waals surface area contributed by atoms with Crippen molar-refractivity contribution >= 4 is 11.9 Å². The van der Waals surface area contributed by atoms with Crippen LogP contribution in [0.15, 0.2) is 42.5 Å². The van der Waals surface area contributed by atoms with E-state index in [1.807, 2.05) is 13.8 Å². The predicted molar refractivity (Wildman–Crippen MR) is 104 cm³/mol. The molecular formula is C21H25NO6. The van der Waals surface area contributed by atoms with Crippen molar-refractivity contribution in [1.29, 1.82) is 0 Å². The van der Waals surface area contributed by atoms with Crippen LogP contribution in [0.5, 0.6) is 17.2 Å². The highest BCUT2D eigenvalue weighted by atomic mass is 16.5. The van der Waals surface area contributed by atoms with Gasteiger partial charge in [0.05, 0.1) is 20.3 Å². The van der Waals surface area contributed by atoms with Crippen LogP contribution in [-0.4, -0.2) is 37.3 Å². The highest BCUT2D eigenvalue weighted by Gasteiger charge is 2.23. The fourth-order valence-corrected chi connectivity index (χ4v) is 2.55. The molecule has 0 fully saturated rings. The zero-order valence-electron chi connectivity index (χ0n) is 16.2. The maximum absolute atomic E-state index is 12.6. The van der Waals surface area contributed by atoms with E-state index in [2.05, 4.69) is 5.32 Å². The summed E-state index contributed by atoms with van der Waals surface area (Å²) in [6.07, 6.45) is 0.843. The molecule has 7 nitrogen and oxygen atoms in total. The Labute approximate surface area is 164 Å². The molecule has 2 aromatic rings. The molecule has 0 aliphatic heterocycles. The number of ether oxygens (including phenoxy) is 3. The fraction of sp³-hybridized carbons (Fsp3) is 0.333. The van der Waals surface area contributed by atoms with E-state index >= 15 is 0 Å². The van der Waals surface area contributed by atoms with Crippen molar-refractivity contribution in [3.63, 3.8) is 0 Å². The van der Waals surface area contributed by atoms with Gasteiger partial charge in [-0.25, -0.2) is 4.79 Å². The molecular weight excluding hydrogens is 362 g/mol. The third-order valence-electron chi connectivity index (χ3n) is 3.94. The van der Waals surface area contributed by atoms with Crippen molar-refractivity contribution in [2.75, 3.05) is 20.3 Å². The van der Waals surface area contributed by atoms with Gasteiger partial charge in [-0.2, -0.15) is 0 Å². The number of carbonyl (C=O) groups excluding carboxylic acids is 1. The molecule has 7 heteroatoms. The van der Waals surface area contributed by atoms with Crippen molar-refractivity contribution in [2.45, 2.75) is 26.3 Å². The third-order valence-corrected chi connectivity index (χ3v) is 3.94. The Morgan fingerprint density at radius 2 is 1.75 bits per heavy atom. The van der Waals surface area contributed by atoms with Gasteiger partial charge in [0.15, 0.2) is 17.5 Å². The minimum atomic E-state index is -1.19. The monoisotopic (exact) mass is 387 g/mol. The molecule has 0 heterocycles. The van der Waals surface area contributed by atoms with E-state index in [9.17, 15) is 14.7 Å². The zero-order valence-corrected chi connectivity index (χ0v) is 16.2. The molecule has 2 rings (SSSR count). The maximum Gasteiger partial charge on any atom is 0.330 e. The number of hydrogen-bond donors (Lipinski definition) is 2. The lowest BCUT2D eigenvalue weighted by atomic mass is 10.1. The van der Waals surface area contributed by atoms with E-state index in [4.69, 9.17) is 14.2 Å². The summed E-state index contributed by atoms with van der Waals surface area (Å²) >= 11 is 0. The Bertz CT molecular complexity index is 803. The van der Waals surface area contributed by atoms with E-state index < -0.39 is 17.9 Å². The number of aliphatic carboxylic acids is 1. The number of carboxylic acids is 1. The van der Waals surface area contributed by atoms with Gasteiger partial charge in [0.1, 0.15) is 5.75 Å². The van der Waals surface area contributed by atoms with Crippen molar-refractivity contribution in [1.82, 2.24) is 5.32 Å². The van der Waals surface area contributed by atoms with Crippen molar-refractivity contribution < 1.29 is 28.9 Å². The molecule has 28 heavy (non-hydrogen) atoms. The van der Waals surface area contributed by atoms with Gasteiger partial charge in [-0.05, 0) is 49.2 Å². The number of benzene rings is 2. The van der Waals surface area contributed by atoms with Gasteiger partial charge in [0.2, 0.25) is 0 Å². The van der Waals surface area contributed by atoms with Crippen LogP contribution in [0.1, 0.15) is 42.2 Å². The van der Waals surface area contributed by atoms with Gasteiger partial charge in [-0.15, -0.1) is 0 Å². The lowest BCUT2D eigenvalue weighted by Gasteiger charge is -2.17. The molecule has 1 atom stereocenters. The van der Waals surface area contributed by atoms with Gasteiger partial charge < -0.3 is 24.6 Å². The Hall–Kier alpha value is -3.22. The fourth-order valence-electron chi connectivity index (χ4n) is 2.55. The summed E-state index contributed by atoms with van der Waals surface area (Å²) < 4.78 is 16.2. The van der Waals surface area contributed by atoms with Gasteiger partial charge >= 0.3 is 5.97 Å². The Morgan fingerprint density at radius 3 is 2.32 bits per heavy atom. The summed E-state index contributed by atoms with van der Waals surface area (Å²) in [6, 6.07) is 10.1. The Kier molecular flexibility index (Phi) is 7.68. The molecule has 0 aliphatic rings. The quantitative estimate of drug-likeness (QED) is 0.649. The standard InChI is InChI=1S/C21H25NO6/c1-4-12-28-17-11-8-15(13-18(17)27-5-2)20(23)22-19(21(24)25)14-6-9-16(26-3)10-7-14/h6-11,13,19H,4-5,12H2,1-3H3,(H,22,23)(H,24,25). The maximum atomic E-state index is 12.6. The molecule has 0 aliphatic carbocycles. The summed E-state index contributed by atoms with van der Waals surface area (Å²) in [6.45, 7) is 4.77. The van der Waals surface area contributed by atoms with E-state index in [1.54, 1.807) is 42.5 Å². The average Bonchev–Trinajstić information content (AvgIpc) is 2.71. The van der Waals surface area contributed by atoms with Crippen molar-refractivity contribution in [3.8, 4) is 17.2 Å². The highest BCUT2D eigenvalue weighted by Crippen LogP contribution is 2.29. The number of methoxy groups -OCH3 is 1. The number of hydrogen-bond acceptors (Lipinski definition) is 5. The average molecular weight is 387 g/mol. The largest absolute Gasteiger partial charge is 0.497 e. The summed E-state index contributed by atoms with van der Waals surface area (Å²) in [4.78, 5) is 24.3. The second kappa shape index (κ2) is 10.2. The number of carboxylic acid groups (broad SMARTS) is 1. The normalized spacial score (nSPS) is 11.4. The number of rotatable bonds is 10. The number of carbonyl (C=O) groups is 2. The first-order valence-corrected chi connectivity index (χ1v) is 9.07. The van der Waals surface area contributed by atoms with Gasteiger partial charge in [-0.3, -0.25) is 4.79 Å². The first-order valence-electron chi connectivity index (χ1n) is 9.07. The van der Waals surface area contributed by atoms with Gasteiger partial charge in [0, 0.05) is 5.56 Å². The van der Waals surface area contributed by atoms with Crippen LogP contribution in [0, 0.1) is 0 Å². The lowest BCUT2D eigenvalue weighted by Crippen LogP contribution is -2.33. The van der Waals surface area contributed by atoms with Crippen LogP contribution in [0.3, 0.4) is 0 Å². The molecule has 0 aromatic heterocycles. The highest BCUT2D eigenvalue weighted by molar-refractivity contribution is 5.97. The van der Waals surface area contributed by atoms with Crippen molar-refractivity contribution in [3.05, 3.63) is 53.6 Å². The summed E-state index contributed by atoms with van der Waals surface area (Å²) in [5, 5.41) is 12.1. The summed E-state index contributed by atoms with van der Waals surface area (Å²) in [5.74, 6) is -0.0917. The second-order valence-electron chi connectivity index (χ2n) is 5.96. The SMILES string of the molecule is CCCOc1ccc(C(=O)NC(C(=O)O)c2ccc(OC)cc2)cc1OCC. The van der Waals surface area contributed by atoms with Crippen LogP contribution in [0.2, 0.25) is 0 Å². The van der Waals surface area contributed by atoms with E-state index in [-0.39, 0.29) is 5.56 Å². The molecule has 0 saturated heterocycles. The van der Waals surface area contributed by atoms with Crippen LogP contribution < -0.4 is 19.5 Å². The molecule has 1 amide bonds. The van der Waals surface area contributed by atoms with Gasteiger partial charge in [0.25, 0.3) is 5.91 Å². The smallest absolute Gasteiger partial charge is 0.330 e. The molecule has 0 radical (unpaired) electrons. The molecule has 0 bridgehead atoms. The van der Waals surface area contributed by atoms with Gasteiger partial charge in [-0.1, -0.05) is 19.1 Å². The Balaban J connectivity index is 2.22. The molecule has 2 aromatic carbocycles. The number of nitrogens with one attached hydrogen (secondary N) is 1. The Morgan fingerprint density at radius 1 is 1.04 bits per heavy atom. The van der Waals surface area contributed by atoms with Crippen LogP contribution in [0.4, 0.5) is 0 Å². The van der Waals surface area contributed by atoms with Crippen molar-refractivity contribution in [2.24, 2.45) is 0 Å². The molecule has 2 N–H and O–H groups in total. The molecule has 1 unspecified atom stereocenters. The molecule has 0 saturated carbocycles. The molecule has 0 spiro atoms. The number of amides is 1. The summed E-state index contributed by atoms with van der Waals surface area (Å²) in [5.41, 5.74) is 0.724. The van der Waals surface area contributed by atoms with E-state index in [0.717, 1.165) is 6.42 Å². The van der Waals surface area contributed by atoms with Crippen LogP contribution in [0.25, 0.3) is 0 Å². The minimum Gasteiger partial charge on any atom is -0.497 e. The zero-order chi connectivity index (χ0) is 20.5. The first-order chi connectivity index (χ1) is 13.5. The molecule has 150 valence electrons. The van der Waals surface area contributed by atoms with E-state index in [1.165, 1.54) is 7.11 Å². The second-order valence-corrected chi connectivity index (χ2v) is 5.96. The topological polar surface area (TPSA) is 94.1 Å². The predicted octanol–water partition coefficient (Wildman–Crippen LogP) is 3.44. The van der Waals surface area contributed by atoms with Crippen LogP contribution >= 0.6 is 0 Å². The van der Waals surface area contributed by atoms with Crippen LogP contribution in [-0.2, 0) is 4.79 Å². The lowest BCUT2D eigenvalue weighted by molar-refractivity contribution is -0.139. The minimum absolute atomic E-state index is 0.284. The third kappa shape index (κ3) is 5.39. The van der Waals surface area contributed by atoms with E-state index in [0.29, 0.717) is 36.0 Å². The first kappa shape index (κ1) is 21.1. The summed E-state index contributed by atoms with van der Waals surface area (Å²) in [7, 11) is 1.52.